The largest absolute Gasteiger partial charge is 0.465 e. The second kappa shape index (κ2) is 10.6. The lowest BCUT2D eigenvalue weighted by molar-refractivity contribution is -0.144. The van der Waals surface area contributed by atoms with Crippen LogP contribution in [0.2, 0.25) is 0 Å². The van der Waals surface area contributed by atoms with Gasteiger partial charge in [-0.25, -0.2) is 0 Å². The molecule has 1 rings (SSSR count). The van der Waals surface area contributed by atoms with Crippen LogP contribution >= 0.6 is 11.8 Å². The van der Waals surface area contributed by atoms with Gasteiger partial charge in [0.05, 0.1) is 13.0 Å². The Morgan fingerprint density at radius 3 is 2.75 bits per heavy atom. The Balaban J connectivity index is 2.39. The Bertz CT molecular complexity index is 509. The maximum atomic E-state index is 12.8. The van der Waals surface area contributed by atoms with E-state index in [2.05, 4.69) is 18.8 Å². The molecule has 0 saturated carbocycles. The number of esters is 1. The van der Waals surface area contributed by atoms with E-state index in [9.17, 15) is 18.0 Å². The highest BCUT2D eigenvalue weighted by molar-refractivity contribution is 7.99. The van der Waals surface area contributed by atoms with Gasteiger partial charge in [-0.3, -0.25) is 9.78 Å². The molecule has 0 amide bonds. The van der Waals surface area contributed by atoms with Crippen molar-refractivity contribution >= 4 is 17.7 Å². The Labute approximate surface area is 145 Å². The fourth-order valence-electron chi connectivity index (χ4n) is 2.15. The second-order valence-corrected chi connectivity index (χ2v) is 6.68. The zero-order valence-electron chi connectivity index (χ0n) is 14.1. The lowest BCUT2D eigenvalue weighted by atomic mass is 10.0. The van der Waals surface area contributed by atoms with Crippen LogP contribution in [0, 0.1) is 5.92 Å². The monoisotopic (exact) mass is 363 g/mol. The van der Waals surface area contributed by atoms with Crippen LogP contribution in [0.15, 0.2) is 23.2 Å². The molecule has 1 atom stereocenters. The quantitative estimate of drug-likeness (QED) is 0.415. The first-order valence-electron chi connectivity index (χ1n) is 8.19. The van der Waals surface area contributed by atoms with Crippen LogP contribution in [0.1, 0.15) is 51.6 Å². The minimum absolute atomic E-state index is 0.0344. The summed E-state index contributed by atoms with van der Waals surface area (Å²) in [6.07, 6.45) is 0.897. The maximum Gasteiger partial charge on any atom is 0.434 e. The van der Waals surface area contributed by atoms with E-state index in [0.717, 1.165) is 43.6 Å². The molecule has 1 heterocycles. The number of pyridine rings is 1. The van der Waals surface area contributed by atoms with Gasteiger partial charge in [0.15, 0.2) is 5.69 Å². The van der Waals surface area contributed by atoms with Crippen molar-refractivity contribution in [2.45, 2.75) is 57.0 Å². The van der Waals surface area contributed by atoms with Crippen molar-refractivity contribution in [2.75, 3.05) is 12.4 Å². The molecule has 1 aromatic heterocycles. The highest BCUT2D eigenvalue weighted by Gasteiger charge is 2.35. The molecule has 0 aliphatic rings. The van der Waals surface area contributed by atoms with Gasteiger partial charge in [0.25, 0.3) is 0 Å². The molecule has 0 saturated heterocycles. The highest BCUT2D eigenvalue weighted by Crippen LogP contribution is 2.35. The first-order chi connectivity index (χ1) is 11.4. The lowest BCUT2D eigenvalue weighted by Gasteiger charge is -2.14. The summed E-state index contributed by atoms with van der Waals surface area (Å²) in [5, 5.41) is 0. The van der Waals surface area contributed by atoms with Gasteiger partial charge in [-0.05, 0) is 24.5 Å². The van der Waals surface area contributed by atoms with Gasteiger partial charge in [-0.1, -0.05) is 33.1 Å². The van der Waals surface area contributed by atoms with Gasteiger partial charge in [0.2, 0.25) is 0 Å². The highest BCUT2D eigenvalue weighted by atomic mass is 32.2. The Kier molecular flexibility index (Phi) is 9.18. The van der Waals surface area contributed by atoms with Crippen LogP contribution < -0.4 is 0 Å². The molecule has 1 aromatic rings. The summed E-state index contributed by atoms with van der Waals surface area (Å²) in [6, 6.07) is 2.82. The number of aromatic nitrogens is 1. The number of thioether (sulfide) groups is 1. The molecule has 24 heavy (non-hydrogen) atoms. The number of hydrogen-bond acceptors (Lipinski definition) is 4. The summed E-state index contributed by atoms with van der Waals surface area (Å²) in [5.74, 6) is 0.228. The van der Waals surface area contributed by atoms with Crippen molar-refractivity contribution in [3.8, 4) is 0 Å². The van der Waals surface area contributed by atoms with E-state index in [1.165, 1.54) is 12.1 Å². The van der Waals surface area contributed by atoms with E-state index in [4.69, 9.17) is 4.74 Å². The molecule has 3 nitrogen and oxygen atoms in total. The van der Waals surface area contributed by atoms with Crippen molar-refractivity contribution in [3.63, 3.8) is 0 Å². The van der Waals surface area contributed by atoms with Crippen LogP contribution in [0.5, 0.6) is 0 Å². The molecule has 1 unspecified atom stereocenters. The number of hydrogen-bond donors (Lipinski definition) is 0. The van der Waals surface area contributed by atoms with Crippen LogP contribution in [0.4, 0.5) is 13.2 Å². The summed E-state index contributed by atoms with van der Waals surface area (Å²) >= 11 is 0.973. The fourth-order valence-corrected chi connectivity index (χ4v) is 3.11. The SMILES string of the molecule is CCCCC(CC)COC(=O)CCSc1cccnc1C(F)(F)F. The summed E-state index contributed by atoms with van der Waals surface area (Å²) in [6.45, 7) is 4.56. The minimum Gasteiger partial charge on any atom is -0.465 e. The first kappa shape index (κ1) is 20.8. The molecular formula is C17H24F3NO2S. The van der Waals surface area contributed by atoms with Gasteiger partial charge in [0, 0.05) is 16.8 Å². The summed E-state index contributed by atoms with van der Waals surface area (Å²) < 4.78 is 43.7. The average molecular weight is 363 g/mol. The fraction of sp³-hybridized carbons (Fsp3) is 0.647. The Morgan fingerprint density at radius 1 is 1.38 bits per heavy atom. The first-order valence-corrected chi connectivity index (χ1v) is 9.17. The van der Waals surface area contributed by atoms with Gasteiger partial charge in [-0.2, -0.15) is 13.2 Å². The predicted octanol–water partition coefficient (Wildman–Crippen LogP) is 5.34. The topological polar surface area (TPSA) is 39.2 Å². The molecule has 0 N–H and O–H groups in total. The summed E-state index contributed by atoms with van der Waals surface area (Å²) in [4.78, 5) is 15.2. The van der Waals surface area contributed by atoms with Gasteiger partial charge >= 0.3 is 12.1 Å². The second-order valence-electron chi connectivity index (χ2n) is 5.55. The van der Waals surface area contributed by atoms with Gasteiger partial charge < -0.3 is 4.74 Å². The minimum atomic E-state index is -4.49. The number of nitrogens with zero attached hydrogens (tertiary/aromatic N) is 1. The van der Waals surface area contributed by atoms with Crippen molar-refractivity contribution in [3.05, 3.63) is 24.0 Å². The van der Waals surface area contributed by atoms with Crippen LogP contribution in [-0.2, 0) is 15.7 Å². The molecule has 0 aliphatic carbocycles. The molecule has 0 aliphatic heterocycles. The van der Waals surface area contributed by atoms with E-state index in [1.807, 2.05) is 0 Å². The number of carbonyl (C=O) groups is 1. The number of unbranched alkanes of at least 4 members (excludes halogenated alkanes) is 1. The predicted molar refractivity (Wildman–Crippen MR) is 88.8 cm³/mol. The van der Waals surface area contributed by atoms with Gasteiger partial charge in [0.1, 0.15) is 0 Å². The number of carbonyl (C=O) groups excluding carboxylic acids is 1. The smallest absolute Gasteiger partial charge is 0.434 e. The normalized spacial score (nSPS) is 12.9. The molecule has 136 valence electrons. The third-order valence-electron chi connectivity index (χ3n) is 3.63. The van der Waals surface area contributed by atoms with Crippen molar-refractivity contribution in [2.24, 2.45) is 5.92 Å². The van der Waals surface area contributed by atoms with E-state index in [1.54, 1.807) is 0 Å². The van der Waals surface area contributed by atoms with Crippen molar-refractivity contribution in [1.82, 2.24) is 4.98 Å². The molecule has 7 heteroatoms. The van der Waals surface area contributed by atoms with Crippen LogP contribution in [0.25, 0.3) is 0 Å². The number of halogens is 3. The lowest BCUT2D eigenvalue weighted by Crippen LogP contribution is -2.14. The van der Waals surface area contributed by atoms with Crippen LogP contribution in [-0.4, -0.2) is 23.3 Å². The van der Waals surface area contributed by atoms with E-state index in [-0.39, 0.29) is 23.0 Å². The Morgan fingerprint density at radius 2 is 2.12 bits per heavy atom. The average Bonchev–Trinajstić information content (AvgIpc) is 2.54. The molecule has 0 aromatic carbocycles. The standard InChI is InChI=1S/C17H24F3NO2S/c1-3-5-7-13(4-2)12-23-15(22)9-11-24-14-8-6-10-21-16(14)17(18,19)20/h6,8,10,13H,3-5,7,9,11-12H2,1-2H3. The molecule has 0 bridgehead atoms. The van der Waals surface area contributed by atoms with E-state index < -0.39 is 11.9 Å². The molecule has 0 fully saturated rings. The van der Waals surface area contributed by atoms with E-state index >= 15 is 0 Å². The molecule has 0 radical (unpaired) electrons. The number of ether oxygens (including phenoxy) is 1. The zero-order valence-corrected chi connectivity index (χ0v) is 14.9. The molecular weight excluding hydrogens is 339 g/mol. The van der Waals surface area contributed by atoms with E-state index in [0.29, 0.717) is 12.5 Å². The third-order valence-corrected chi connectivity index (χ3v) is 4.67. The van der Waals surface area contributed by atoms with Crippen molar-refractivity contribution < 1.29 is 22.7 Å². The van der Waals surface area contributed by atoms with Crippen molar-refractivity contribution in [1.29, 1.82) is 0 Å². The maximum absolute atomic E-state index is 12.8. The number of rotatable bonds is 10. The third kappa shape index (κ3) is 7.55. The van der Waals surface area contributed by atoms with Gasteiger partial charge in [-0.15, -0.1) is 11.8 Å². The number of alkyl halides is 3. The summed E-state index contributed by atoms with van der Waals surface area (Å²) in [5.41, 5.74) is -0.908. The molecule has 0 spiro atoms. The zero-order chi connectivity index (χ0) is 18.0. The van der Waals surface area contributed by atoms with Crippen LogP contribution in [0.3, 0.4) is 0 Å². The summed E-state index contributed by atoms with van der Waals surface area (Å²) in [7, 11) is 0. The Hall–Kier alpha value is -1.24.